The smallest absolute Gasteiger partial charge is 0.119 e. The molecule has 16 heavy (non-hydrogen) atoms. The van der Waals surface area contributed by atoms with Crippen LogP contribution in [0.4, 0.5) is 0 Å². The first-order valence-electron chi connectivity index (χ1n) is 5.85. The van der Waals surface area contributed by atoms with Gasteiger partial charge in [0, 0.05) is 4.91 Å². The molecule has 0 heterocycles. The maximum atomic E-state index is 5.63. The molecule has 0 radical (unpaired) electrons. The molecule has 1 aromatic rings. The summed E-state index contributed by atoms with van der Waals surface area (Å²) in [5, 5.41) is 0. The van der Waals surface area contributed by atoms with E-state index < -0.39 is 0 Å². The van der Waals surface area contributed by atoms with Crippen molar-refractivity contribution in [3.05, 3.63) is 36.4 Å². The Morgan fingerprint density at radius 3 is 2.44 bits per heavy atom. The lowest BCUT2D eigenvalue weighted by Crippen LogP contribution is -1.97. The first-order chi connectivity index (χ1) is 7.74. The minimum atomic E-state index is 0.787. The van der Waals surface area contributed by atoms with Crippen molar-refractivity contribution in [3.63, 3.8) is 0 Å². The van der Waals surface area contributed by atoms with Crippen LogP contribution in [-0.2, 0) is 0 Å². The van der Waals surface area contributed by atoms with Crippen molar-refractivity contribution in [1.29, 1.82) is 0 Å². The third-order valence-corrected chi connectivity index (χ3v) is 2.71. The standard InChI is InChI=1S/C14H20OS/c1-3-4-5-6-11-15-14-9-7-13(8-10-14)12(2)16/h7-10,16H,2-6,11H2,1H3. The second kappa shape index (κ2) is 7.39. The summed E-state index contributed by atoms with van der Waals surface area (Å²) in [5.41, 5.74) is 1.04. The molecule has 0 aromatic heterocycles. The van der Waals surface area contributed by atoms with E-state index in [-0.39, 0.29) is 0 Å². The Morgan fingerprint density at radius 1 is 1.19 bits per heavy atom. The maximum Gasteiger partial charge on any atom is 0.119 e. The highest BCUT2D eigenvalue weighted by Gasteiger charge is 1.96. The van der Waals surface area contributed by atoms with E-state index in [4.69, 9.17) is 4.74 Å². The van der Waals surface area contributed by atoms with Crippen LogP contribution in [-0.4, -0.2) is 6.61 Å². The van der Waals surface area contributed by atoms with Gasteiger partial charge >= 0.3 is 0 Å². The molecule has 0 aliphatic heterocycles. The zero-order valence-electron chi connectivity index (χ0n) is 9.91. The van der Waals surface area contributed by atoms with Gasteiger partial charge < -0.3 is 4.74 Å². The van der Waals surface area contributed by atoms with Gasteiger partial charge in [0.15, 0.2) is 0 Å². The van der Waals surface area contributed by atoms with Crippen LogP contribution in [0.25, 0.3) is 4.91 Å². The molecule has 1 nitrogen and oxygen atoms in total. The molecule has 1 rings (SSSR count). The molecule has 0 aliphatic rings. The van der Waals surface area contributed by atoms with Gasteiger partial charge in [0.2, 0.25) is 0 Å². The van der Waals surface area contributed by atoms with Crippen LogP contribution in [0.2, 0.25) is 0 Å². The van der Waals surface area contributed by atoms with Gasteiger partial charge in [-0.1, -0.05) is 44.9 Å². The largest absolute Gasteiger partial charge is 0.494 e. The number of ether oxygens (including phenoxy) is 1. The molecule has 1 aromatic carbocycles. The molecule has 88 valence electrons. The molecule has 0 N–H and O–H groups in total. The Kier molecular flexibility index (Phi) is 6.09. The fourth-order valence-corrected chi connectivity index (χ4v) is 1.61. The van der Waals surface area contributed by atoms with Crippen molar-refractivity contribution in [1.82, 2.24) is 0 Å². The summed E-state index contributed by atoms with van der Waals surface area (Å²) in [6.45, 7) is 6.79. The van der Waals surface area contributed by atoms with Crippen LogP contribution in [0.5, 0.6) is 5.75 Å². The lowest BCUT2D eigenvalue weighted by Gasteiger charge is -2.06. The van der Waals surface area contributed by atoms with E-state index >= 15 is 0 Å². The van der Waals surface area contributed by atoms with Gasteiger partial charge in [-0.3, -0.25) is 0 Å². The summed E-state index contributed by atoms with van der Waals surface area (Å²) in [6.07, 6.45) is 4.94. The number of thiol groups is 1. The van der Waals surface area contributed by atoms with E-state index in [1.165, 1.54) is 19.3 Å². The lowest BCUT2D eigenvalue weighted by molar-refractivity contribution is 0.305. The van der Waals surface area contributed by atoms with E-state index in [0.29, 0.717) is 0 Å². The van der Waals surface area contributed by atoms with Crippen molar-refractivity contribution in [2.75, 3.05) is 6.61 Å². The fraction of sp³-hybridized carbons (Fsp3) is 0.429. The molecule has 0 saturated carbocycles. The number of rotatable bonds is 7. The summed E-state index contributed by atoms with van der Waals surface area (Å²) >= 11 is 4.20. The molecular formula is C14H20OS. The average molecular weight is 236 g/mol. The van der Waals surface area contributed by atoms with Gasteiger partial charge in [-0.05, 0) is 24.1 Å². The monoisotopic (exact) mass is 236 g/mol. The van der Waals surface area contributed by atoms with Crippen molar-refractivity contribution in [2.45, 2.75) is 32.6 Å². The lowest BCUT2D eigenvalue weighted by atomic mass is 10.2. The second-order valence-electron chi connectivity index (χ2n) is 3.88. The van der Waals surface area contributed by atoms with Crippen molar-refractivity contribution < 1.29 is 4.74 Å². The molecule has 0 aliphatic carbocycles. The second-order valence-corrected chi connectivity index (χ2v) is 4.42. The van der Waals surface area contributed by atoms with Crippen LogP contribution in [0, 0.1) is 0 Å². The van der Waals surface area contributed by atoms with Crippen molar-refractivity contribution >= 4 is 17.5 Å². The van der Waals surface area contributed by atoms with Gasteiger partial charge in [-0.25, -0.2) is 0 Å². The molecule has 2 heteroatoms. The SMILES string of the molecule is C=C(S)c1ccc(OCCCCCC)cc1. The minimum absolute atomic E-state index is 0.787. The predicted molar refractivity (Wildman–Crippen MR) is 74.1 cm³/mol. The molecule has 0 atom stereocenters. The minimum Gasteiger partial charge on any atom is -0.494 e. The Morgan fingerprint density at radius 2 is 1.88 bits per heavy atom. The van der Waals surface area contributed by atoms with E-state index in [1.54, 1.807) is 0 Å². The number of hydrogen-bond acceptors (Lipinski definition) is 2. The van der Waals surface area contributed by atoms with Crippen LogP contribution in [0.15, 0.2) is 30.8 Å². The predicted octanol–water partition coefficient (Wildman–Crippen LogP) is 4.55. The van der Waals surface area contributed by atoms with Crippen LogP contribution < -0.4 is 4.74 Å². The number of hydrogen-bond donors (Lipinski definition) is 1. The number of unbranched alkanes of at least 4 members (excludes halogenated alkanes) is 3. The van der Waals surface area contributed by atoms with Gasteiger partial charge in [0.1, 0.15) is 5.75 Å². The maximum absolute atomic E-state index is 5.63. The topological polar surface area (TPSA) is 9.23 Å². The molecule has 0 spiro atoms. The molecule has 0 fully saturated rings. The number of benzene rings is 1. The normalized spacial score (nSPS) is 10.1. The Labute approximate surface area is 104 Å². The Hall–Kier alpha value is -0.890. The quantitative estimate of drug-likeness (QED) is 0.540. The highest BCUT2D eigenvalue weighted by molar-refractivity contribution is 7.90. The summed E-state index contributed by atoms with van der Waals surface area (Å²) in [4.78, 5) is 0.787. The third kappa shape index (κ3) is 4.75. The first-order valence-corrected chi connectivity index (χ1v) is 6.30. The van der Waals surface area contributed by atoms with E-state index in [1.807, 2.05) is 24.3 Å². The summed E-state index contributed by atoms with van der Waals surface area (Å²) in [7, 11) is 0. The third-order valence-electron chi connectivity index (χ3n) is 2.45. The van der Waals surface area contributed by atoms with Crippen molar-refractivity contribution in [2.24, 2.45) is 0 Å². The average Bonchev–Trinajstić information content (AvgIpc) is 2.29. The van der Waals surface area contributed by atoms with Gasteiger partial charge in [-0.15, -0.1) is 12.6 Å². The highest BCUT2D eigenvalue weighted by atomic mass is 32.1. The van der Waals surface area contributed by atoms with E-state index in [9.17, 15) is 0 Å². The van der Waals surface area contributed by atoms with Gasteiger partial charge in [-0.2, -0.15) is 0 Å². The Bertz CT molecular complexity index is 316. The molecular weight excluding hydrogens is 216 g/mol. The van der Waals surface area contributed by atoms with Gasteiger partial charge in [0.05, 0.1) is 6.61 Å². The molecule has 0 saturated heterocycles. The van der Waals surface area contributed by atoms with Crippen LogP contribution in [0.3, 0.4) is 0 Å². The zero-order chi connectivity index (χ0) is 11.8. The fourth-order valence-electron chi connectivity index (χ4n) is 1.46. The van der Waals surface area contributed by atoms with E-state index in [2.05, 4.69) is 26.1 Å². The van der Waals surface area contributed by atoms with Crippen LogP contribution in [0.1, 0.15) is 38.2 Å². The first kappa shape index (κ1) is 13.2. The van der Waals surface area contributed by atoms with Gasteiger partial charge in [0.25, 0.3) is 0 Å². The van der Waals surface area contributed by atoms with Crippen LogP contribution >= 0.6 is 12.6 Å². The van der Waals surface area contributed by atoms with Crippen molar-refractivity contribution in [3.8, 4) is 5.75 Å². The highest BCUT2D eigenvalue weighted by Crippen LogP contribution is 2.19. The Balaban J connectivity index is 2.29. The zero-order valence-corrected chi connectivity index (χ0v) is 10.8. The molecule has 0 unspecified atom stereocenters. The summed E-state index contributed by atoms with van der Waals surface area (Å²) in [6, 6.07) is 7.90. The molecule has 0 bridgehead atoms. The van der Waals surface area contributed by atoms with E-state index in [0.717, 1.165) is 29.2 Å². The summed E-state index contributed by atoms with van der Waals surface area (Å²) in [5.74, 6) is 0.926. The summed E-state index contributed by atoms with van der Waals surface area (Å²) < 4.78 is 5.63. The molecule has 0 amide bonds.